The van der Waals surface area contributed by atoms with Gasteiger partial charge in [0.1, 0.15) is 0 Å². The normalized spacial score (nSPS) is 15.8. The van der Waals surface area contributed by atoms with Crippen LogP contribution in [0.1, 0.15) is 24.7 Å². The van der Waals surface area contributed by atoms with Crippen LogP contribution < -0.4 is 0 Å². The number of aliphatic hydroxyl groups excluding tert-OH is 1. The van der Waals surface area contributed by atoms with E-state index in [9.17, 15) is 8.42 Å². The molecule has 0 amide bonds. The van der Waals surface area contributed by atoms with Crippen LogP contribution in [-0.4, -0.2) is 25.4 Å². The molecule has 90 valence electrons. The maximum absolute atomic E-state index is 12.0. The molecule has 1 aromatic carbocycles. The van der Waals surface area contributed by atoms with Crippen LogP contribution in [0, 0.1) is 0 Å². The molecule has 0 spiro atoms. The summed E-state index contributed by atoms with van der Waals surface area (Å²) in [6.45, 7) is 2.82. The second kappa shape index (κ2) is 5.29. The third-order valence-electron chi connectivity index (χ3n) is 2.65. The molecule has 0 fully saturated rings. The average molecular weight is 307 g/mol. The predicted molar refractivity (Wildman–Crippen MR) is 68.0 cm³/mol. The minimum atomic E-state index is -3.32. The van der Waals surface area contributed by atoms with Crippen molar-refractivity contribution in [1.29, 1.82) is 0 Å². The second-order valence-electron chi connectivity index (χ2n) is 3.78. The van der Waals surface area contributed by atoms with E-state index in [-0.39, 0.29) is 6.61 Å². The van der Waals surface area contributed by atoms with Gasteiger partial charge in [0.25, 0.3) is 0 Å². The first-order chi connectivity index (χ1) is 7.39. The highest BCUT2D eigenvalue weighted by Gasteiger charge is 2.28. The molecule has 2 unspecified atom stereocenters. The van der Waals surface area contributed by atoms with Crippen molar-refractivity contribution in [2.75, 3.05) is 6.61 Å². The zero-order valence-corrected chi connectivity index (χ0v) is 11.6. The Bertz CT molecular complexity index is 439. The molecule has 0 aliphatic rings. The van der Waals surface area contributed by atoms with Gasteiger partial charge in [0, 0.05) is 4.47 Å². The summed E-state index contributed by atoms with van der Waals surface area (Å²) in [4.78, 5) is 0. The van der Waals surface area contributed by atoms with Crippen molar-refractivity contribution < 1.29 is 13.5 Å². The van der Waals surface area contributed by atoms with Gasteiger partial charge in [-0.2, -0.15) is 0 Å². The lowest BCUT2D eigenvalue weighted by atomic mass is 10.2. The highest BCUT2D eigenvalue weighted by atomic mass is 79.9. The monoisotopic (exact) mass is 306 g/mol. The van der Waals surface area contributed by atoms with Crippen LogP contribution in [0.5, 0.6) is 0 Å². The number of benzene rings is 1. The van der Waals surface area contributed by atoms with Gasteiger partial charge in [0.2, 0.25) is 0 Å². The van der Waals surface area contributed by atoms with Crippen molar-refractivity contribution in [3.8, 4) is 0 Å². The molecule has 1 aromatic rings. The number of sulfone groups is 1. The van der Waals surface area contributed by atoms with Crippen molar-refractivity contribution in [2.24, 2.45) is 0 Å². The van der Waals surface area contributed by atoms with Crippen LogP contribution in [-0.2, 0) is 9.84 Å². The maximum atomic E-state index is 12.0. The third kappa shape index (κ3) is 2.84. The SMILES string of the molecule is CC(CO)S(=O)(=O)C(C)c1ccc(Br)cc1. The van der Waals surface area contributed by atoms with E-state index in [1.54, 1.807) is 19.1 Å². The van der Waals surface area contributed by atoms with Gasteiger partial charge in [-0.05, 0) is 31.5 Å². The van der Waals surface area contributed by atoms with E-state index in [0.29, 0.717) is 0 Å². The Morgan fingerprint density at radius 1 is 1.25 bits per heavy atom. The topological polar surface area (TPSA) is 54.4 Å². The summed E-state index contributed by atoms with van der Waals surface area (Å²) in [6, 6.07) is 7.17. The Kier molecular flexibility index (Phi) is 4.52. The molecular weight excluding hydrogens is 292 g/mol. The molecule has 2 atom stereocenters. The summed E-state index contributed by atoms with van der Waals surface area (Å²) < 4.78 is 24.9. The molecule has 16 heavy (non-hydrogen) atoms. The summed E-state index contributed by atoms with van der Waals surface area (Å²) in [6.07, 6.45) is 0. The lowest BCUT2D eigenvalue weighted by Crippen LogP contribution is -2.26. The Morgan fingerprint density at radius 2 is 1.75 bits per heavy atom. The number of hydrogen-bond donors (Lipinski definition) is 1. The van der Waals surface area contributed by atoms with Gasteiger partial charge in [-0.15, -0.1) is 0 Å². The minimum Gasteiger partial charge on any atom is -0.395 e. The number of hydrogen-bond acceptors (Lipinski definition) is 3. The number of rotatable bonds is 4. The fraction of sp³-hybridized carbons (Fsp3) is 0.455. The summed E-state index contributed by atoms with van der Waals surface area (Å²) in [5.41, 5.74) is 0.739. The molecule has 0 radical (unpaired) electrons. The van der Waals surface area contributed by atoms with Crippen LogP contribution in [0.3, 0.4) is 0 Å². The van der Waals surface area contributed by atoms with Crippen LogP contribution in [0.2, 0.25) is 0 Å². The summed E-state index contributed by atoms with van der Waals surface area (Å²) in [5.74, 6) is 0. The Balaban J connectivity index is 3.02. The van der Waals surface area contributed by atoms with E-state index < -0.39 is 20.3 Å². The van der Waals surface area contributed by atoms with Crippen LogP contribution in [0.15, 0.2) is 28.7 Å². The summed E-state index contributed by atoms with van der Waals surface area (Å²) in [5, 5.41) is 7.60. The van der Waals surface area contributed by atoms with Crippen LogP contribution >= 0.6 is 15.9 Å². The van der Waals surface area contributed by atoms with Crippen LogP contribution in [0.25, 0.3) is 0 Å². The largest absolute Gasteiger partial charge is 0.395 e. The van der Waals surface area contributed by atoms with Crippen molar-refractivity contribution in [2.45, 2.75) is 24.3 Å². The predicted octanol–water partition coefficient (Wildman–Crippen LogP) is 2.31. The Labute approximate surface area is 105 Å². The lowest BCUT2D eigenvalue weighted by Gasteiger charge is -2.17. The summed E-state index contributed by atoms with van der Waals surface area (Å²) >= 11 is 3.30. The van der Waals surface area contributed by atoms with E-state index in [2.05, 4.69) is 15.9 Å². The Hall–Kier alpha value is -0.390. The fourth-order valence-corrected chi connectivity index (χ4v) is 3.08. The quantitative estimate of drug-likeness (QED) is 0.928. The van der Waals surface area contributed by atoms with E-state index in [1.165, 1.54) is 6.92 Å². The standard InChI is InChI=1S/C11H15BrO3S/c1-8(7-13)16(14,15)9(2)10-3-5-11(12)6-4-10/h3-6,8-9,13H,7H2,1-2H3. The average Bonchev–Trinajstić information content (AvgIpc) is 2.28. The van der Waals surface area contributed by atoms with E-state index in [0.717, 1.165) is 10.0 Å². The van der Waals surface area contributed by atoms with Gasteiger partial charge >= 0.3 is 0 Å². The van der Waals surface area contributed by atoms with Crippen LogP contribution in [0.4, 0.5) is 0 Å². The maximum Gasteiger partial charge on any atom is 0.161 e. The van der Waals surface area contributed by atoms with Crippen molar-refractivity contribution in [3.63, 3.8) is 0 Å². The van der Waals surface area contributed by atoms with Crippen molar-refractivity contribution in [1.82, 2.24) is 0 Å². The first kappa shape index (κ1) is 13.7. The third-order valence-corrected chi connectivity index (χ3v) is 5.71. The molecule has 0 aliphatic heterocycles. The summed E-state index contributed by atoms with van der Waals surface area (Å²) in [7, 11) is -3.32. The fourth-order valence-electron chi connectivity index (χ4n) is 1.38. The van der Waals surface area contributed by atoms with Gasteiger partial charge in [0.05, 0.1) is 17.1 Å². The molecule has 1 N–H and O–H groups in total. The van der Waals surface area contributed by atoms with Crippen molar-refractivity contribution in [3.05, 3.63) is 34.3 Å². The van der Waals surface area contributed by atoms with E-state index >= 15 is 0 Å². The molecule has 5 heteroatoms. The molecule has 0 bridgehead atoms. The Morgan fingerprint density at radius 3 is 2.19 bits per heavy atom. The first-order valence-electron chi connectivity index (χ1n) is 4.98. The van der Waals surface area contributed by atoms with Gasteiger partial charge in [0.15, 0.2) is 9.84 Å². The van der Waals surface area contributed by atoms with E-state index in [1.807, 2.05) is 12.1 Å². The molecule has 0 saturated carbocycles. The van der Waals surface area contributed by atoms with Gasteiger partial charge in [-0.25, -0.2) is 8.42 Å². The second-order valence-corrected chi connectivity index (χ2v) is 7.38. The minimum absolute atomic E-state index is 0.344. The molecule has 0 saturated heterocycles. The highest BCUT2D eigenvalue weighted by Crippen LogP contribution is 2.26. The molecule has 3 nitrogen and oxygen atoms in total. The van der Waals surface area contributed by atoms with Gasteiger partial charge in [-0.1, -0.05) is 28.1 Å². The zero-order valence-electron chi connectivity index (χ0n) is 9.22. The van der Waals surface area contributed by atoms with E-state index in [4.69, 9.17) is 5.11 Å². The molecule has 0 heterocycles. The van der Waals surface area contributed by atoms with Gasteiger partial charge < -0.3 is 5.11 Å². The first-order valence-corrected chi connectivity index (χ1v) is 7.39. The number of halogens is 1. The molecule has 1 rings (SSSR count). The van der Waals surface area contributed by atoms with Gasteiger partial charge in [-0.3, -0.25) is 0 Å². The molecule has 0 aromatic heterocycles. The smallest absolute Gasteiger partial charge is 0.161 e. The lowest BCUT2D eigenvalue weighted by molar-refractivity contribution is 0.295. The van der Waals surface area contributed by atoms with Crippen molar-refractivity contribution >= 4 is 25.8 Å². The number of aliphatic hydroxyl groups is 1. The molecular formula is C11H15BrO3S. The highest BCUT2D eigenvalue weighted by molar-refractivity contribution is 9.10. The molecule has 0 aliphatic carbocycles. The zero-order chi connectivity index (χ0) is 12.3.